The fourth-order valence-electron chi connectivity index (χ4n) is 1.51. The Labute approximate surface area is 116 Å². The lowest BCUT2D eigenvalue weighted by atomic mass is 10.1. The van der Waals surface area contributed by atoms with Gasteiger partial charge in [-0.25, -0.2) is 0 Å². The molecule has 1 rings (SSSR count). The number of rotatable bonds is 6. The van der Waals surface area contributed by atoms with Crippen molar-refractivity contribution in [1.29, 1.82) is 0 Å². The van der Waals surface area contributed by atoms with E-state index in [1.165, 1.54) is 7.11 Å². The van der Waals surface area contributed by atoms with Gasteiger partial charge < -0.3 is 15.2 Å². The maximum absolute atomic E-state index is 10.9. The maximum Gasteiger partial charge on any atom is 0.308 e. The van der Waals surface area contributed by atoms with Crippen molar-refractivity contribution in [2.45, 2.75) is 25.8 Å². The summed E-state index contributed by atoms with van der Waals surface area (Å²) in [5.74, 6) is 0.437. The summed E-state index contributed by atoms with van der Waals surface area (Å²) in [7, 11) is 1.36. The average Bonchev–Trinajstić information content (AvgIpc) is 2.31. The van der Waals surface area contributed by atoms with Gasteiger partial charge in [0.2, 0.25) is 0 Å². The van der Waals surface area contributed by atoms with Crippen LogP contribution in [0.25, 0.3) is 0 Å². The van der Waals surface area contributed by atoms with Crippen LogP contribution >= 0.6 is 15.9 Å². The summed E-state index contributed by atoms with van der Waals surface area (Å²) in [6.45, 7) is 2.27. The average molecular weight is 316 g/mol. The van der Waals surface area contributed by atoms with Crippen LogP contribution in [0.5, 0.6) is 5.75 Å². The highest BCUT2D eigenvalue weighted by Crippen LogP contribution is 2.26. The van der Waals surface area contributed by atoms with Crippen molar-refractivity contribution >= 4 is 21.9 Å². The summed E-state index contributed by atoms with van der Waals surface area (Å²) in [5, 5.41) is 0. The zero-order valence-corrected chi connectivity index (χ0v) is 12.2. The summed E-state index contributed by atoms with van der Waals surface area (Å²) >= 11 is 3.44. The number of esters is 1. The Kier molecular flexibility index (Phi) is 6.15. The predicted molar refractivity (Wildman–Crippen MR) is 73.6 cm³/mol. The number of carbonyl (C=O) groups excluding carboxylic acids is 1. The van der Waals surface area contributed by atoms with Crippen LogP contribution in [0.2, 0.25) is 0 Å². The standard InChI is InChI=1S/C13H18BrNO3/c1-9(15)7-10-3-4-12(11(14)8-10)18-6-5-13(16)17-2/h3-4,8-9H,5-7,15H2,1-2H3. The molecule has 1 aromatic carbocycles. The molecule has 0 saturated heterocycles. The molecule has 4 nitrogen and oxygen atoms in total. The second kappa shape index (κ2) is 7.38. The summed E-state index contributed by atoms with van der Waals surface area (Å²) in [4.78, 5) is 10.9. The van der Waals surface area contributed by atoms with Crippen LogP contribution in [0.3, 0.4) is 0 Å². The van der Waals surface area contributed by atoms with E-state index in [0.29, 0.717) is 12.4 Å². The van der Waals surface area contributed by atoms with Crippen LogP contribution in [0.15, 0.2) is 22.7 Å². The van der Waals surface area contributed by atoms with Gasteiger partial charge in [0.15, 0.2) is 0 Å². The molecule has 1 unspecified atom stereocenters. The highest BCUT2D eigenvalue weighted by molar-refractivity contribution is 9.10. The fourth-order valence-corrected chi connectivity index (χ4v) is 2.05. The number of ether oxygens (including phenoxy) is 2. The number of nitrogens with two attached hydrogens (primary N) is 1. The lowest BCUT2D eigenvalue weighted by Gasteiger charge is -2.10. The van der Waals surface area contributed by atoms with Crippen molar-refractivity contribution in [2.75, 3.05) is 13.7 Å². The van der Waals surface area contributed by atoms with E-state index >= 15 is 0 Å². The number of hydrogen-bond acceptors (Lipinski definition) is 4. The van der Waals surface area contributed by atoms with E-state index in [4.69, 9.17) is 10.5 Å². The van der Waals surface area contributed by atoms with Crippen LogP contribution in [-0.2, 0) is 16.0 Å². The van der Waals surface area contributed by atoms with Gasteiger partial charge in [-0.2, -0.15) is 0 Å². The summed E-state index contributed by atoms with van der Waals surface area (Å²) in [6, 6.07) is 5.96. The molecule has 0 bridgehead atoms. The van der Waals surface area contributed by atoms with Crippen molar-refractivity contribution in [1.82, 2.24) is 0 Å². The third-order valence-corrected chi connectivity index (χ3v) is 2.97. The van der Waals surface area contributed by atoms with E-state index in [1.807, 2.05) is 25.1 Å². The predicted octanol–water partition coefficient (Wildman–Crippen LogP) is 2.28. The molecule has 1 aromatic rings. The second-order valence-electron chi connectivity index (χ2n) is 4.12. The molecule has 0 aromatic heterocycles. The normalized spacial score (nSPS) is 12.0. The number of halogens is 1. The Morgan fingerprint density at radius 1 is 1.50 bits per heavy atom. The van der Waals surface area contributed by atoms with Gasteiger partial charge >= 0.3 is 5.97 Å². The molecule has 0 heterocycles. The quantitative estimate of drug-likeness (QED) is 0.818. The number of methoxy groups -OCH3 is 1. The van der Waals surface area contributed by atoms with Gasteiger partial charge in [-0.1, -0.05) is 6.07 Å². The first-order valence-electron chi connectivity index (χ1n) is 5.76. The van der Waals surface area contributed by atoms with E-state index in [2.05, 4.69) is 20.7 Å². The molecular weight excluding hydrogens is 298 g/mol. The third-order valence-electron chi connectivity index (χ3n) is 2.35. The minimum absolute atomic E-state index is 0.128. The van der Waals surface area contributed by atoms with Gasteiger partial charge in [0.25, 0.3) is 0 Å². The lowest BCUT2D eigenvalue weighted by Crippen LogP contribution is -2.17. The first-order valence-corrected chi connectivity index (χ1v) is 6.56. The van der Waals surface area contributed by atoms with Gasteiger partial charge in [0.1, 0.15) is 5.75 Å². The van der Waals surface area contributed by atoms with Crippen molar-refractivity contribution < 1.29 is 14.3 Å². The van der Waals surface area contributed by atoms with Crippen LogP contribution < -0.4 is 10.5 Å². The summed E-state index contributed by atoms with van der Waals surface area (Å²) < 4.78 is 10.9. The molecule has 0 amide bonds. The van der Waals surface area contributed by atoms with Crippen molar-refractivity contribution in [3.63, 3.8) is 0 Å². The van der Waals surface area contributed by atoms with Crippen LogP contribution in [-0.4, -0.2) is 25.7 Å². The van der Waals surface area contributed by atoms with E-state index in [0.717, 1.165) is 16.5 Å². The molecule has 0 fully saturated rings. The number of hydrogen-bond donors (Lipinski definition) is 1. The molecule has 1 atom stereocenters. The zero-order valence-electron chi connectivity index (χ0n) is 10.6. The largest absolute Gasteiger partial charge is 0.492 e. The molecule has 18 heavy (non-hydrogen) atoms. The minimum atomic E-state index is -0.278. The Balaban J connectivity index is 2.54. The van der Waals surface area contributed by atoms with Gasteiger partial charge in [-0.15, -0.1) is 0 Å². The maximum atomic E-state index is 10.9. The smallest absolute Gasteiger partial charge is 0.308 e. The highest BCUT2D eigenvalue weighted by atomic mass is 79.9. The molecule has 0 saturated carbocycles. The Morgan fingerprint density at radius 3 is 2.78 bits per heavy atom. The molecule has 5 heteroatoms. The molecular formula is C13H18BrNO3. The molecule has 0 spiro atoms. The first kappa shape index (κ1) is 15.0. The van der Waals surface area contributed by atoms with Crippen LogP contribution in [0.1, 0.15) is 18.9 Å². The summed E-state index contributed by atoms with van der Waals surface area (Å²) in [5.41, 5.74) is 6.89. The van der Waals surface area contributed by atoms with Crippen molar-refractivity contribution in [3.05, 3.63) is 28.2 Å². The van der Waals surface area contributed by atoms with Crippen molar-refractivity contribution in [2.24, 2.45) is 5.73 Å². The molecule has 0 aliphatic rings. The topological polar surface area (TPSA) is 61.5 Å². The minimum Gasteiger partial charge on any atom is -0.492 e. The SMILES string of the molecule is COC(=O)CCOc1ccc(CC(C)N)cc1Br. The van der Waals surface area contributed by atoms with E-state index in [1.54, 1.807) is 0 Å². The van der Waals surface area contributed by atoms with E-state index < -0.39 is 0 Å². The Morgan fingerprint density at radius 2 is 2.22 bits per heavy atom. The second-order valence-corrected chi connectivity index (χ2v) is 4.98. The first-order chi connectivity index (χ1) is 8.52. The molecule has 0 aliphatic carbocycles. The number of carbonyl (C=O) groups is 1. The molecule has 0 radical (unpaired) electrons. The van der Waals surface area contributed by atoms with Gasteiger partial charge in [0, 0.05) is 6.04 Å². The van der Waals surface area contributed by atoms with E-state index in [9.17, 15) is 4.79 Å². The van der Waals surface area contributed by atoms with Gasteiger partial charge in [-0.05, 0) is 47.0 Å². The zero-order chi connectivity index (χ0) is 13.5. The van der Waals surface area contributed by atoms with E-state index in [-0.39, 0.29) is 18.4 Å². The van der Waals surface area contributed by atoms with Crippen molar-refractivity contribution in [3.8, 4) is 5.75 Å². The monoisotopic (exact) mass is 315 g/mol. The molecule has 0 aliphatic heterocycles. The lowest BCUT2D eigenvalue weighted by molar-refractivity contribution is -0.141. The highest BCUT2D eigenvalue weighted by Gasteiger charge is 2.06. The number of benzene rings is 1. The van der Waals surface area contributed by atoms with Gasteiger partial charge in [0.05, 0.1) is 24.6 Å². The Hall–Kier alpha value is -1.07. The summed E-state index contributed by atoms with van der Waals surface area (Å²) in [6.07, 6.45) is 1.06. The van der Waals surface area contributed by atoms with Crippen LogP contribution in [0, 0.1) is 0 Å². The van der Waals surface area contributed by atoms with Crippen LogP contribution in [0.4, 0.5) is 0 Å². The molecule has 100 valence electrons. The Bertz CT molecular complexity index is 407. The third kappa shape index (κ3) is 5.06. The van der Waals surface area contributed by atoms with Gasteiger partial charge in [-0.3, -0.25) is 4.79 Å². The molecule has 2 N–H and O–H groups in total. The fraction of sp³-hybridized carbons (Fsp3) is 0.462.